The third kappa shape index (κ3) is 3.54. The minimum atomic E-state index is -0.699. The number of nitrogens with zero attached hydrogens (tertiary/aromatic N) is 2. The Balaban J connectivity index is 2.19. The van der Waals surface area contributed by atoms with Crippen LogP contribution in [0.3, 0.4) is 0 Å². The van der Waals surface area contributed by atoms with Crippen LogP contribution in [0.1, 0.15) is 22.8 Å². The number of benzene rings is 2. The number of nitro groups is 1. The quantitative estimate of drug-likeness (QED) is 0.268. The lowest BCUT2D eigenvalue weighted by Gasteiger charge is -2.05. The number of aromatic nitrogens is 1. The van der Waals surface area contributed by atoms with Crippen LogP contribution in [0.25, 0.3) is 17.0 Å². The summed E-state index contributed by atoms with van der Waals surface area (Å²) < 4.78 is 11.3. The number of halogens is 1. The summed E-state index contributed by atoms with van der Waals surface area (Å²) >= 11 is 5.92. The van der Waals surface area contributed by atoms with Gasteiger partial charge < -0.3 is 9.26 Å². The lowest BCUT2D eigenvalue weighted by molar-refractivity contribution is -0.384. The van der Waals surface area contributed by atoms with Crippen LogP contribution in [0, 0.1) is 10.1 Å². The Labute approximate surface area is 164 Å². The molecule has 3 rings (SSSR count). The van der Waals surface area contributed by atoms with Crippen molar-refractivity contribution in [3.05, 3.63) is 80.1 Å². The van der Waals surface area contributed by atoms with Gasteiger partial charge in [-0.05, 0) is 19.1 Å². The molecule has 0 bridgehead atoms. The van der Waals surface area contributed by atoms with Crippen LogP contribution in [-0.4, -0.2) is 22.2 Å². The van der Waals surface area contributed by atoms with Gasteiger partial charge in [-0.1, -0.05) is 30.3 Å². The fourth-order valence-electron chi connectivity index (χ4n) is 2.68. The van der Waals surface area contributed by atoms with E-state index in [-0.39, 0.29) is 35.1 Å². The SMILES string of the molecule is CCOC(=O)c1ccc(-n2oc(-c3ccccc3)c(CCl)c2=O)c([N+](=O)[O-])c1. The fourth-order valence-corrected chi connectivity index (χ4v) is 2.92. The molecule has 0 fully saturated rings. The summed E-state index contributed by atoms with van der Waals surface area (Å²) in [6, 6.07) is 12.4. The second kappa shape index (κ2) is 8.10. The molecule has 1 heterocycles. The van der Waals surface area contributed by atoms with Crippen LogP contribution in [0.2, 0.25) is 0 Å². The monoisotopic (exact) mass is 402 g/mol. The highest BCUT2D eigenvalue weighted by Gasteiger charge is 2.25. The molecule has 0 amide bonds. The van der Waals surface area contributed by atoms with Crippen molar-refractivity contribution in [1.29, 1.82) is 0 Å². The van der Waals surface area contributed by atoms with Crippen LogP contribution in [0.5, 0.6) is 0 Å². The van der Waals surface area contributed by atoms with E-state index >= 15 is 0 Å². The maximum atomic E-state index is 12.8. The molecule has 8 nitrogen and oxygen atoms in total. The molecule has 0 atom stereocenters. The summed E-state index contributed by atoms with van der Waals surface area (Å²) in [7, 11) is 0. The standard InChI is InChI=1S/C19H15ClN2O6/c1-2-27-19(24)13-8-9-15(16(10-13)22(25)26)21-18(23)14(11-20)17(28-21)12-6-4-3-5-7-12/h3-10H,2,11H2,1H3. The van der Waals surface area contributed by atoms with E-state index in [1.54, 1.807) is 37.3 Å². The highest BCUT2D eigenvalue weighted by atomic mass is 35.5. The topological polar surface area (TPSA) is 105 Å². The van der Waals surface area contributed by atoms with Crippen LogP contribution in [0.15, 0.2) is 57.8 Å². The van der Waals surface area contributed by atoms with Crippen LogP contribution >= 0.6 is 11.6 Å². The van der Waals surface area contributed by atoms with Gasteiger partial charge in [0.25, 0.3) is 11.2 Å². The van der Waals surface area contributed by atoms with Crippen LogP contribution < -0.4 is 5.56 Å². The summed E-state index contributed by atoms with van der Waals surface area (Å²) in [5, 5.41) is 11.5. The molecule has 0 aliphatic heterocycles. The summed E-state index contributed by atoms with van der Waals surface area (Å²) in [4.78, 5) is 35.5. The highest BCUT2D eigenvalue weighted by molar-refractivity contribution is 6.17. The van der Waals surface area contributed by atoms with Crippen molar-refractivity contribution in [2.45, 2.75) is 12.8 Å². The van der Waals surface area contributed by atoms with Gasteiger partial charge in [-0.3, -0.25) is 14.9 Å². The first-order valence-electron chi connectivity index (χ1n) is 8.30. The van der Waals surface area contributed by atoms with E-state index in [9.17, 15) is 19.7 Å². The number of ether oxygens (including phenoxy) is 1. The van der Waals surface area contributed by atoms with Gasteiger partial charge in [0.15, 0.2) is 11.4 Å². The van der Waals surface area contributed by atoms with E-state index < -0.39 is 22.1 Å². The van der Waals surface area contributed by atoms with E-state index in [1.165, 1.54) is 12.1 Å². The predicted molar refractivity (Wildman–Crippen MR) is 102 cm³/mol. The Kier molecular flexibility index (Phi) is 5.60. The van der Waals surface area contributed by atoms with Gasteiger partial charge in [-0.15, -0.1) is 16.3 Å². The molecule has 1 aromatic heterocycles. The second-order valence-electron chi connectivity index (χ2n) is 5.68. The summed E-state index contributed by atoms with van der Waals surface area (Å²) in [6.45, 7) is 1.76. The van der Waals surface area contributed by atoms with Crippen molar-refractivity contribution in [3.63, 3.8) is 0 Å². The molecule has 0 radical (unpaired) electrons. The van der Waals surface area contributed by atoms with Crippen molar-refractivity contribution in [2.24, 2.45) is 0 Å². The number of rotatable bonds is 6. The number of hydrogen-bond donors (Lipinski definition) is 0. The van der Waals surface area contributed by atoms with Gasteiger partial charge in [-0.25, -0.2) is 4.79 Å². The zero-order valence-electron chi connectivity index (χ0n) is 14.8. The second-order valence-corrected chi connectivity index (χ2v) is 5.95. The van der Waals surface area contributed by atoms with E-state index in [1.807, 2.05) is 0 Å². The minimum absolute atomic E-state index is 0.00208. The van der Waals surface area contributed by atoms with Crippen LogP contribution in [-0.2, 0) is 10.6 Å². The van der Waals surface area contributed by atoms with Crippen molar-refractivity contribution >= 4 is 23.3 Å². The predicted octanol–water partition coefficient (Wildman–Crippen LogP) is 3.92. The Hall–Kier alpha value is -3.39. The van der Waals surface area contributed by atoms with E-state index in [0.717, 1.165) is 10.8 Å². The lowest BCUT2D eigenvalue weighted by Crippen LogP contribution is -2.17. The first-order chi connectivity index (χ1) is 13.5. The normalized spacial score (nSPS) is 10.6. The molecule has 0 aliphatic rings. The Bertz CT molecular complexity index is 1090. The molecule has 0 unspecified atom stereocenters. The van der Waals surface area contributed by atoms with Crippen molar-refractivity contribution in [2.75, 3.05) is 6.61 Å². The maximum absolute atomic E-state index is 12.8. The van der Waals surface area contributed by atoms with Gasteiger partial charge in [-0.2, -0.15) is 0 Å². The van der Waals surface area contributed by atoms with Gasteiger partial charge in [0, 0.05) is 11.6 Å². The molecule has 28 heavy (non-hydrogen) atoms. The van der Waals surface area contributed by atoms with Crippen molar-refractivity contribution in [1.82, 2.24) is 4.74 Å². The minimum Gasteiger partial charge on any atom is -0.462 e. The molecule has 0 aliphatic carbocycles. The number of alkyl halides is 1. The average molecular weight is 403 g/mol. The summed E-state index contributed by atoms with van der Waals surface area (Å²) in [5.41, 5.74) is -0.409. The zero-order valence-corrected chi connectivity index (χ0v) is 15.5. The third-order valence-electron chi connectivity index (χ3n) is 3.97. The fraction of sp³-hybridized carbons (Fsp3) is 0.158. The number of nitro benzene ring substituents is 1. The smallest absolute Gasteiger partial charge is 0.338 e. The van der Waals surface area contributed by atoms with Crippen molar-refractivity contribution in [3.8, 4) is 17.0 Å². The number of esters is 1. The largest absolute Gasteiger partial charge is 0.462 e. The molecular weight excluding hydrogens is 388 g/mol. The molecule has 0 spiro atoms. The first kappa shape index (κ1) is 19.4. The van der Waals surface area contributed by atoms with Gasteiger partial charge in [0.1, 0.15) is 0 Å². The molecule has 3 aromatic rings. The zero-order chi connectivity index (χ0) is 20.3. The Morgan fingerprint density at radius 1 is 1.25 bits per heavy atom. The molecule has 144 valence electrons. The van der Waals surface area contributed by atoms with Crippen molar-refractivity contribution < 1.29 is 19.0 Å². The van der Waals surface area contributed by atoms with Gasteiger partial charge >= 0.3 is 5.97 Å². The van der Waals surface area contributed by atoms with E-state index in [0.29, 0.717) is 5.56 Å². The van der Waals surface area contributed by atoms with Crippen LogP contribution in [0.4, 0.5) is 5.69 Å². The summed E-state index contributed by atoms with van der Waals surface area (Å²) in [6.07, 6.45) is 0. The summed E-state index contributed by atoms with van der Waals surface area (Å²) in [5.74, 6) is -0.603. The molecule has 2 aromatic carbocycles. The van der Waals surface area contributed by atoms with Gasteiger partial charge in [0.05, 0.1) is 28.5 Å². The molecule has 0 saturated heterocycles. The molecule has 0 saturated carbocycles. The number of hydrogen-bond acceptors (Lipinski definition) is 6. The number of carbonyl (C=O) groups is 1. The molecule has 0 N–H and O–H groups in total. The van der Waals surface area contributed by atoms with Gasteiger partial charge in [0.2, 0.25) is 0 Å². The van der Waals surface area contributed by atoms with E-state index in [4.69, 9.17) is 20.9 Å². The highest BCUT2D eigenvalue weighted by Crippen LogP contribution is 2.29. The van der Waals surface area contributed by atoms with E-state index in [2.05, 4.69) is 0 Å². The number of carbonyl (C=O) groups excluding carboxylic acids is 1. The third-order valence-corrected chi connectivity index (χ3v) is 4.24. The first-order valence-corrected chi connectivity index (χ1v) is 8.83. The lowest BCUT2D eigenvalue weighted by atomic mass is 10.1. The Morgan fingerprint density at radius 2 is 1.96 bits per heavy atom. The molecular formula is C19H15ClN2O6. The maximum Gasteiger partial charge on any atom is 0.338 e. The average Bonchev–Trinajstić information content (AvgIpc) is 3.04. The Morgan fingerprint density at radius 3 is 2.57 bits per heavy atom. The molecule has 9 heteroatoms.